The van der Waals surface area contributed by atoms with Crippen LogP contribution >= 0.6 is 0 Å². The Balaban J connectivity index is 1.67. The topological polar surface area (TPSA) is 69.7 Å². The summed E-state index contributed by atoms with van der Waals surface area (Å²) in [4.78, 5) is 2.19. The highest BCUT2D eigenvalue weighted by atomic mass is 15.5. The third-order valence-electron chi connectivity index (χ3n) is 4.55. The molecule has 0 aliphatic carbocycles. The van der Waals surface area contributed by atoms with E-state index >= 15 is 0 Å². The second kappa shape index (κ2) is 6.00. The molecule has 2 heterocycles. The molecule has 1 aliphatic heterocycles. The molecule has 1 aliphatic rings. The third kappa shape index (κ3) is 2.39. The second-order valence-corrected chi connectivity index (χ2v) is 6.10. The summed E-state index contributed by atoms with van der Waals surface area (Å²) in [7, 11) is 0. The fourth-order valence-corrected chi connectivity index (χ4v) is 3.35. The fraction of sp³-hybridized carbons (Fsp3) is 0.0500. The second-order valence-electron chi connectivity index (χ2n) is 6.10. The lowest BCUT2D eigenvalue weighted by Gasteiger charge is -2.23. The molecule has 6 nitrogen and oxygen atoms in total. The number of tetrazole rings is 1. The Morgan fingerprint density at radius 1 is 0.962 bits per heavy atom. The van der Waals surface area contributed by atoms with E-state index in [-0.39, 0.29) is 0 Å². The number of aromatic amines is 1. The lowest BCUT2D eigenvalue weighted by Crippen LogP contribution is -2.09. The molecule has 1 aromatic heterocycles. The van der Waals surface area contributed by atoms with Gasteiger partial charge in [0.2, 0.25) is 5.82 Å². The highest BCUT2D eigenvalue weighted by Crippen LogP contribution is 2.39. The van der Waals surface area contributed by atoms with Crippen LogP contribution in [0.1, 0.15) is 0 Å². The molecule has 126 valence electrons. The summed E-state index contributed by atoms with van der Waals surface area (Å²) in [5.74, 6) is 0.586. The van der Waals surface area contributed by atoms with E-state index in [1.807, 2.05) is 12.1 Å². The van der Waals surface area contributed by atoms with Crippen LogP contribution in [-0.4, -0.2) is 27.2 Å². The van der Waals surface area contributed by atoms with Crippen LogP contribution in [0.4, 0.5) is 17.1 Å². The van der Waals surface area contributed by atoms with Crippen molar-refractivity contribution < 1.29 is 0 Å². The van der Waals surface area contributed by atoms with Gasteiger partial charge >= 0.3 is 0 Å². The molecule has 2 N–H and O–H groups in total. The summed E-state index contributed by atoms with van der Waals surface area (Å²) < 4.78 is 0. The monoisotopic (exact) mass is 340 g/mol. The zero-order valence-corrected chi connectivity index (χ0v) is 13.9. The van der Waals surface area contributed by atoms with Crippen molar-refractivity contribution in [3.63, 3.8) is 0 Å². The Hall–Kier alpha value is -3.67. The van der Waals surface area contributed by atoms with Gasteiger partial charge in [-0.3, -0.25) is 0 Å². The molecule has 26 heavy (non-hydrogen) atoms. The molecule has 0 bridgehead atoms. The number of hydrogen-bond acceptors (Lipinski definition) is 5. The summed E-state index contributed by atoms with van der Waals surface area (Å²) in [6.45, 7) is 0.780. The lowest BCUT2D eigenvalue weighted by molar-refractivity contribution is 0.881. The van der Waals surface area contributed by atoms with Crippen LogP contribution in [0.15, 0.2) is 72.9 Å². The van der Waals surface area contributed by atoms with Crippen molar-refractivity contribution in [3.8, 4) is 11.4 Å². The molecular formula is C20H16N6. The average molecular weight is 340 g/mol. The van der Waals surface area contributed by atoms with Crippen LogP contribution in [-0.2, 0) is 0 Å². The van der Waals surface area contributed by atoms with E-state index in [2.05, 4.69) is 91.6 Å². The van der Waals surface area contributed by atoms with Crippen molar-refractivity contribution in [1.29, 1.82) is 0 Å². The predicted molar refractivity (Wildman–Crippen MR) is 103 cm³/mol. The number of hydrogen-bond donors (Lipinski definition) is 2. The summed E-state index contributed by atoms with van der Waals surface area (Å²) in [6, 6.07) is 20.9. The maximum Gasteiger partial charge on any atom is 0.204 e. The number of aromatic nitrogens is 4. The van der Waals surface area contributed by atoms with Crippen LogP contribution in [0.2, 0.25) is 0 Å². The van der Waals surface area contributed by atoms with E-state index in [0.29, 0.717) is 5.82 Å². The maximum atomic E-state index is 4.08. The molecule has 0 saturated carbocycles. The van der Waals surface area contributed by atoms with Gasteiger partial charge in [-0.05, 0) is 34.9 Å². The summed E-state index contributed by atoms with van der Waals surface area (Å²) in [5, 5.41) is 20.3. The van der Waals surface area contributed by atoms with Crippen molar-refractivity contribution in [2.45, 2.75) is 0 Å². The molecule has 0 radical (unpaired) electrons. The molecule has 0 unspecified atom stereocenters. The van der Waals surface area contributed by atoms with Gasteiger partial charge in [-0.2, -0.15) is 5.21 Å². The van der Waals surface area contributed by atoms with Gasteiger partial charge in [0.1, 0.15) is 0 Å². The van der Waals surface area contributed by atoms with E-state index in [4.69, 9.17) is 0 Å². The highest BCUT2D eigenvalue weighted by molar-refractivity contribution is 6.02. The van der Waals surface area contributed by atoms with Gasteiger partial charge in [0.25, 0.3) is 0 Å². The van der Waals surface area contributed by atoms with Crippen molar-refractivity contribution in [2.75, 3.05) is 16.8 Å². The molecule has 5 rings (SSSR count). The van der Waals surface area contributed by atoms with Gasteiger partial charge in [-0.25, -0.2) is 0 Å². The Morgan fingerprint density at radius 3 is 2.85 bits per heavy atom. The van der Waals surface area contributed by atoms with Crippen LogP contribution in [0.5, 0.6) is 0 Å². The minimum Gasteiger partial charge on any atom is -0.379 e. The predicted octanol–water partition coefficient (Wildman–Crippen LogP) is 4.10. The largest absolute Gasteiger partial charge is 0.379 e. The number of anilines is 3. The molecular weight excluding hydrogens is 324 g/mol. The minimum atomic E-state index is 0.586. The first-order valence-corrected chi connectivity index (χ1v) is 8.45. The Labute approximate surface area is 150 Å². The first-order chi connectivity index (χ1) is 12.9. The average Bonchev–Trinajstić information content (AvgIpc) is 3.14. The smallest absolute Gasteiger partial charge is 0.204 e. The Morgan fingerprint density at radius 2 is 1.92 bits per heavy atom. The molecule has 0 amide bonds. The van der Waals surface area contributed by atoms with Gasteiger partial charge in [-0.15, -0.1) is 10.2 Å². The molecule has 0 atom stereocenters. The molecule has 4 aromatic rings. The van der Waals surface area contributed by atoms with Crippen molar-refractivity contribution in [1.82, 2.24) is 20.6 Å². The van der Waals surface area contributed by atoms with E-state index in [9.17, 15) is 0 Å². The molecule has 3 aromatic carbocycles. The van der Waals surface area contributed by atoms with Crippen molar-refractivity contribution >= 4 is 27.8 Å². The zero-order chi connectivity index (χ0) is 17.3. The Bertz CT molecular complexity index is 1100. The zero-order valence-electron chi connectivity index (χ0n) is 13.9. The molecule has 6 heteroatoms. The standard InChI is InChI=1S/C20H16N6/c1-2-8-17-14(5-1)9-10-18-19(17)21-11-4-12-26(18)16-7-3-6-15(13-16)20-22-24-25-23-20/h1-10,12-13,21H,11H2,(H,22,23,24,25). The van der Waals surface area contributed by atoms with E-state index in [0.717, 1.165) is 29.2 Å². The van der Waals surface area contributed by atoms with Crippen LogP contribution in [0.3, 0.4) is 0 Å². The van der Waals surface area contributed by atoms with Gasteiger partial charge in [-0.1, -0.05) is 42.5 Å². The highest BCUT2D eigenvalue weighted by Gasteiger charge is 2.17. The van der Waals surface area contributed by atoms with E-state index < -0.39 is 0 Å². The maximum absolute atomic E-state index is 4.08. The number of benzene rings is 3. The lowest BCUT2D eigenvalue weighted by atomic mass is 10.1. The minimum absolute atomic E-state index is 0.586. The number of nitrogens with one attached hydrogen (secondary N) is 2. The van der Waals surface area contributed by atoms with Crippen LogP contribution < -0.4 is 10.2 Å². The molecule has 0 spiro atoms. The van der Waals surface area contributed by atoms with E-state index in [1.54, 1.807) is 0 Å². The summed E-state index contributed by atoms with van der Waals surface area (Å²) >= 11 is 0. The number of rotatable bonds is 2. The summed E-state index contributed by atoms with van der Waals surface area (Å²) in [5.41, 5.74) is 4.22. The summed E-state index contributed by atoms with van der Waals surface area (Å²) in [6.07, 6.45) is 4.22. The first kappa shape index (κ1) is 14.7. The number of H-pyrrole nitrogens is 1. The van der Waals surface area contributed by atoms with Gasteiger partial charge in [0.15, 0.2) is 0 Å². The van der Waals surface area contributed by atoms with Crippen molar-refractivity contribution in [3.05, 3.63) is 72.9 Å². The SMILES string of the molecule is C1=CN(c2cccc(-c3nn[nH]n3)c2)c2ccc3ccccc3c2NC1. The normalized spacial score (nSPS) is 13.3. The molecule has 0 saturated heterocycles. The fourth-order valence-electron chi connectivity index (χ4n) is 3.35. The van der Waals surface area contributed by atoms with E-state index in [1.165, 1.54) is 10.8 Å². The van der Waals surface area contributed by atoms with Crippen molar-refractivity contribution in [2.24, 2.45) is 0 Å². The quantitative estimate of drug-likeness (QED) is 0.575. The Kier molecular flexibility index (Phi) is 3.38. The number of nitrogens with zero attached hydrogens (tertiary/aromatic N) is 4. The third-order valence-corrected chi connectivity index (χ3v) is 4.55. The first-order valence-electron chi connectivity index (χ1n) is 8.45. The van der Waals surface area contributed by atoms with Gasteiger partial charge < -0.3 is 10.2 Å². The van der Waals surface area contributed by atoms with Gasteiger partial charge in [0, 0.05) is 29.4 Å². The number of fused-ring (bicyclic) bond motifs is 3. The molecule has 0 fully saturated rings. The van der Waals surface area contributed by atoms with Crippen LogP contribution in [0, 0.1) is 0 Å². The van der Waals surface area contributed by atoms with Crippen LogP contribution in [0.25, 0.3) is 22.2 Å². The van der Waals surface area contributed by atoms with Gasteiger partial charge in [0.05, 0.1) is 11.4 Å².